The second-order valence-corrected chi connectivity index (χ2v) is 5.03. The average molecular weight is 271 g/mol. The molecular formula is C11H17N3O3S. The molecule has 0 radical (unpaired) electrons. The lowest BCUT2D eigenvalue weighted by Crippen LogP contribution is -2.30. The minimum Gasteiger partial charge on any atom is -0.377 e. The van der Waals surface area contributed by atoms with E-state index in [4.69, 9.17) is 15.2 Å². The number of carbonyl (C=O) groups excluding carboxylic acids is 1. The zero-order valence-electron chi connectivity index (χ0n) is 10.5. The van der Waals surface area contributed by atoms with Crippen molar-refractivity contribution in [3.8, 4) is 0 Å². The van der Waals surface area contributed by atoms with Crippen LogP contribution in [-0.4, -0.2) is 55.3 Å². The van der Waals surface area contributed by atoms with Crippen molar-refractivity contribution in [2.75, 3.05) is 27.3 Å². The molecule has 1 amide bonds. The molecule has 2 N–H and O–H groups in total. The van der Waals surface area contributed by atoms with Crippen LogP contribution in [0.15, 0.2) is 5.38 Å². The molecule has 0 spiro atoms. The number of methoxy groups -OCH3 is 2. The molecule has 1 fully saturated rings. The Morgan fingerprint density at radius 1 is 1.50 bits per heavy atom. The molecule has 1 saturated heterocycles. The number of carbonyl (C=O) groups is 1. The Morgan fingerprint density at radius 3 is 2.56 bits per heavy atom. The molecule has 2 heterocycles. The third kappa shape index (κ3) is 2.54. The first-order valence-electron chi connectivity index (χ1n) is 5.69. The standard InChI is InChI=1S/C11H17N3O3S/c1-16-8-4-14(5-9(8)17-2)11(15)7-6-18-10(3-12)13-7/h6,8-9H,3-5,12H2,1-2H3. The van der Waals surface area contributed by atoms with E-state index in [1.165, 1.54) is 11.3 Å². The van der Waals surface area contributed by atoms with Crippen LogP contribution in [0.1, 0.15) is 15.5 Å². The quantitative estimate of drug-likeness (QED) is 0.839. The van der Waals surface area contributed by atoms with E-state index in [1.807, 2.05) is 0 Å². The molecule has 0 aromatic carbocycles. The first kappa shape index (κ1) is 13.4. The zero-order valence-corrected chi connectivity index (χ0v) is 11.3. The van der Waals surface area contributed by atoms with Crippen molar-refractivity contribution in [1.29, 1.82) is 0 Å². The largest absolute Gasteiger partial charge is 0.377 e. The summed E-state index contributed by atoms with van der Waals surface area (Å²) in [5.41, 5.74) is 5.94. The fourth-order valence-electron chi connectivity index (χ4n) is 2.03. The summed E-state index contributed by atoms with van der Waals surface area (Å²) < 4.78 is 10.6. The Balaban J connectivity index is 2.06. The van der Waals surface area contributed by atoms with Crippen LogP contribution in [0.4, 0.5) is 0 Å². The fraction of sp³-hybridized carbons (Fsp3) is 0.636. The number of hydrogen-bond acceptors (Lipinski definition) is 6. The topological polar surface area (TPSA) is 77.7 Å². The van der Waals surface area contributed by atoms with Crippen LogP contribution in [0.25, 0.3) is 0 Å². The van der Waals surface area contributed by atoms with Gasteiger partial charge in [-0.25, -0.2) is 4.98 Å². The number of nitrogens with zero attached hydrogens (tertiary/aromatic N) is 2. The molecule has 1 aromatic heterocycles. The molecule has 0 saturated carbocycles. The zero-order chi connectivity index (χ0) is 13.1. The number of ether oxygens (including phenoxy) is 2. The summed E-state index contributed by atoms with van der Waals surface area (Å²) in [5.74, 6) is -0.0902. The highest BCUT2D eigenvalue weighted by atomic mass is 32.1. The van der Waals surface area contributed by atoms with Gasteiger partial charge in [-0.3, -0.25) is 4.79 Å². The maximum Gasteiger partial charge on any atom is 0.273 e. The molecular weight excluding hydrogens is 254 g/mol. The van der Waals surface area contributed by atoms with Crippen molar-refractivity contribution >= 4 is 17.2 Å². The van der Waals surface area contributed by atoms with Crippen LogP contribution in [0.2, 0.25) is 0 Å². The molecule has 2 unspecified atom stereocenters. The monoisotopic (exact) mass is 271 g/mol. The predicted molar refractivity (Wildman–Crippen MR) is 67.5 cm³/mol. The van der Waals surface area contributed by atoms with Crippen molar-refractivity contribution in [3.63, 3.8) is 0 Å². The summed E-state index contributed by atoms with van der Waals surface area (Å²) in [6, 6.07) is 0. The Labute approximate surface area is 110 Å². The minimum atomic E-state index is -0.0902. The highest BCUT2D eigenvalue weighted by Gasteiger charge is 2.36. The van der Waals surface area contributed by atoms with Gasteiger partial charge in [-0.05, 0) is 0 Å². The van der Waals surface area contributed by atoms with E-state index in [0.717, 1.165) is 5.01 Å². The summed E-state index contributed by atoms with van der Waals surface area (Å²) in [4.78, 5) is 18.1. The number of aromatic nitrogens is 1. The Hall–Kier alpha value is -1.02. The molecule has 7 heteroatoms. The van der Waals surface area contributed by atoms with E-state index in [2.05, 4.69) is 4.98 Å². The Bertz CT molecular complexity index is 411. The first-order valence-corrected chi connectivity index (χ1v) is 6.57. The second kappa shape index (κ2) is 5.75. The second-order valence-electron chi connectivity index (χ2n) is 4.09. The minimum absolute atomic E-state index is 0.0773. The molecule has 2 rings (SSSR count). The fourth-order valence-corrected chi connectivity index (χ4v) is 2.68. The van der Waals surface area contributed by atoms with Gasteiger partial charge in [0.2, 0.25) is 0 Å². The molecule has 2 atom stereocenters. The maximum atomic E-state index is 12.2. The number of likely N-dealkylation sites (tertiary alicyclic amines) is 1. The molecule has 18 heavy (non-hydrogen) atoms. The summed E-state index contributed by atoms with van der Waals surface area (Å²) >= 11 is 1.40. The van der Waals surface area contributed by atoms with Gasteiger partial charge in [-0.1, -0.05) is 0 Å². The van der Waals surface area contributed by atoms with Gasteiger partial charge >= 0.3 is 0 Å². The van der Waals surface area contributed by atoms with Crippen LogP contribution >= 0.6 is 11.3 Å². The summed E-state index contributed by atoms with van der Waals surface area (Å²) in [6.07, 6.45) is -0.155. The average Bonchev–Trinajstić information content (AvgIpc) is 3.03. The predicted octanol–water partition coefficient (Wildman–Crippen LogP) is 0.0876. The molecule has 1 aliphatic rings. The van der Waals surface area contributed by atoms with Crippen molar-refractivity contribution in [1.82, 2.24) is 9.88 Å². The first-order chi connectivity index (χ1) is 8.69. The Kier molecular flexibility index (Phi) is 4.28. The van der Waals surface area contributed by atoms with Gasteiger partial charge in [0.15, 0.2) is 0 Å². The van der Waals surface area contributed by atoms with Crippen molar-refractivity contribution in [2.45, 2.75) is 18.8 Å². The number of thiazole rings is 1. The van der Waals surface area contributed by atoms with Crippen LogP contribution in [-0.2, 0) is 16.0 Å². The van der Waals surface area contributed by atoms with E-state index < -0.39 is 0 Å². The number of rotatable bonds is 4. The van der Waals surface area contributed by atoms with Gasteiger partial charge in [0.05, 0.1) is 0 Å². The molecule has 6 nitrogen and oxygen atoms in total. The van der Waals surface area contributed by atoms with Gasteiger partial charge in [0.1, 0.15) is 22.9 Å². The smallest absolute Gasteiger partial charge is 0.273 e. The van der Waals surface area contributed by atoms with Gasteiger partial charge in [0.25, 0.3) is 5.91 Å². The third-order valence-electron chi connectivity index (χ3n) is 3.05. The van der Waals surface area contributed by atoms with Crippen LogP contribution < -0.4 is 5.73 Å². The highest BCUT2D eigenvalue weighted by Crippen LogP contribution is 2.19. The third-order valence-corrected chi connectivity index (χ3v) is 3.92. The summed E-state index contributed by atoms with van der Waals surface area (Å²) in [7, 11) is 3.25. The maximum absolute atomic E-state index is 12.2. The van der Waals surface area contributed by atoms with E-state index in [9.17, 15) is 4.79 Å². The van der Waals surface area contributed by atoms with Gasteiger partial charge in [-0.15, -0.1) is 11.3 Å². The lowest BCUT2D eigenvalue weighted by Gasteiger charge is -2.13. The van der Waals surface area contributed by atoms with Gasteiger partial charge in [-0.2, -0.15) is 0 Å². The van der Waals surface area contributed by atoms with E-state index >= 15 is 0 Å². The van der Waals surface area contributed by atoms with Crippen LogP contribution in [0, 0.1) is 0 Å². The molecule has 1 aliphatic heterocycles. The molecule has 1 aromatic rings. The van der Waals surface area contributed by atoms with E-state index in [-0.39, 0.29) is 18.1 Å². The highest BCUT2D eigenvalue weighted by molar-refractivity contribution is 7.09. The van der Waals surface area contributed by atoms with E-state index in [0.29, 0.717) is 25.3 Å². The summed E-state index contributed by atoms with van der Waals surface area (Å²) in [6.45, 7) is 1.42. The lowest BCUT2D eigenvalue weighted by atomic mass is 10.3. The Morgan fingerprint density at radius 2 is 2.11 bits per heavy atom. The van der Waals surface area contributed by atoms with E-state index in [1.54, 1.807) is 24.5 Å². The van der Waals surface area contributed by atoms with Crippen molar-refractivity contribution in [2.24, 2.45) is 5.73 Å². The summed E-state index contributed by atoms with van der Waals surface area (Å²) in [5, 5.41) is 2.51. The van der Waals surface area contributed by atoms with Gasteiger partial charge in [0, 0.05) is 39.2 Å². The number of hydrogen-bond donors (Lipinski definition) is 1. The SMILES string of the molecule is COC1CN(C(=O)c2csc(CN)n2)CC1OC. The number of amides is 1. The molecule has 0 aliphatic carbocycles. The van der Waals surface area contributed by atoms with Crippen molar-refractivity contribution in [3.05, 3.63) is 16.1 Å². The molecule has 0 bridgehead atoms. The van der Waals surface area contributed by atoms with Crippen LogP contribution in [0.5, 0.6) is 0 Å². The normalized spacial score (nSPS) is 23.6. The lowest BCUT2D eigenvalue weighted by molar-refractivity contribution is -0.00461. The molecule has 100 valence electrons. The number of nitrogens with two attached hydrogens (primary N) is 1. The van der Waals surface area contributed by atoms with Crippen LogP contribution in [0.3, 0.4) is 0 Å². The van der Waals surface area contributed by atoms with Gasteiger partial charge < -0.3 is 20.1 Å². The van der Waals surface area contributed by atoms with Crippen molar-refractivity contribution < 1.29 is 14.3 Å².